The summed E-state index contributed by atoms with van der Waals surface area (Å²) in [6.07, 6.45) is 1.87. The van der Waals surface area contributed by atoms with Gasteiger partial charge in [0.05, 0.1) is 17.0 Å². The molecule has 12 nitrogen and oxygen atoms in total. The maximum absolute atomic E-state index is 11.3. The molecule has 0 fully saturated rings. The van der Waals surface area contributed by atoms with Crippen molar-refractivity contribution in [3.8, 4) is 0 Å². The lowest BCUT2D eigenvalue weighted by atomic mass is 10.2. The average Bonchev–Trinajstić information content (AvgIpc) is 2.80. The molecule has 0 amide bonds. The van der Waals surface area contributed by atoms with Crippen molar-refractivity contribution in [2.75, 3.05) is 12.3 Å². The Bertz CT molecular complexity index is 886. The van der Waals surface area contributed by atoms with Gasteiger partial charge in [-0.25, -0.2) is 18.8 Å². The normalized spacial score (nSPS) is 13.8. The molecule has 27 heavy (non-hydrogen) atoms. The summed E-state index contributed by atoms with van der Waals surface area (Å²) in [6.45, 7) is 3.74. The van der Waals surface area contributed by atoms with Crippen molar-refractivity contribution in [1.82, 2.24) is 9.97 Å². The van der Waals surface area contributed by atoms with Crippen LogP contribution in [-0.2, 0) is 30.9 Å². The highest BCUT2D eigenvalue weighted by atomic mass is 32.1. The fraction of sp³-hybridized carbons (Fsp3) is 0.417. The molecule has 0 aliphatic rings. The molecule has 15 heteroatoms. The quantitative estimate of drug-likeness (QED) is 0.349. The lowest BCUT2D eigenvalue weighted by Crippen LogP contribution is -2.35. The minimum atomic E-state index is -5.18. The van der Waals surface area contributed by atoms with Gasteiger partial charge in [-0.3, -0.25) is 4.57 Å². The van der Waals surface area contributed by atoms with Crippen LogP contribution in [0.1, 0.15) is 22.0 Å². The number of hydrogen-bond acceptors (Lipinski definition) is 9. The number of rotatable bonds is 8. The summed E-state index contributed by atoms with van der Waals surface area (Å²) >= 11 is 1.38. The largest absolute Gasteiger partial charge is 0.756 e. The molecule has 0 saturated carbocycles. The van der Waals surface area contributed by atoms with Crippen LogP contribution >= 0.6 is 27.0 Å². The Hall–Kier alpha value is -1.27. The topological polar surface area (TPSA) is 203 Å². The van der Waals surface area contributed by atoms with E-state index in [4.69, 9.17) is 15.5 Å². The van der Waals surface area contributed by atoms with Gasteiger partial charge in [0.25, 0.3) is 7.82 Å². The first-order chi connectivity index (χ1) is 12.0. The molecule has 2 aromatic rings. The zero-order chi connectivity index (χ0) is 19.5. The number of phosphoric acid groups is 2. The zero-order valence-electron chi connectivity index (χ0n) is 14.4. The highest BCUT2D eigenvalue weighted by Crippen LogP contribution is 2.54. The molecule has 6 N–H and O–H groups in total. The van der Waals surface area contributed by atoms with E-state index in [9.17, 15) is 14.0 Å². The van der Waals surface area contributed by atoms with Crippen LogP contribution in [0.4, 0.5) is 5.82 Å². The third-order valence-corrected chi connectivity index (χ3v) is 6.59. The summed E-state index contributed by atoms with van der Waals surface area (Å²) in [5.74, 6) is 0.970. The second-order valence-electron chi connectivity index (χ2n) is 5.29. The van der Waals surface area contributed by atoms with Crippen LogP contribution in [0.2, 0.25) is 0 Å². The molecule has 0 saturated heterocycles. The van der Waals surface area contributed by atoms with Crippen LogP contribution in [0.15, 0.2) is 11.7 Å². The van der Waals surface area contributed by atoms with Crippen LogP contribution in [-0.4, -0.2) is 31.8 Å². The van der Waals surface area contributed by atoms with Crippen molar-refractivity contribution < 1.29 is 42.7 Å². The highest BCUT2D eigenvalue weighted by Gasteiger charge is 2.24. The third-order valence-electron chi connectivity index (χ3n) is 3.30. The standard InChI is InChI=1S/C12H18N4O7P2S.H2O/c1-8-11(3-4-22-25(20,21)23-24(17,18)19)26-7-16(8)6-10-5-14-9(2)15-12(10)13;/h5,7H,3-4,6H2,1-2H3,(H4-,13,14,15,17,18,19,20,21);1H2. The molecule has 0 spiro atoms. The number of nitrogens with two attached hydrogens (primary N) is 1. The second-order valence-corrected chi connectivity index (χ2v) is 9.02. The number of thiazole rings is 1. The van der Waals surface area contributed by atoms with Gasteiger partial charge in [-0.1, -0.05) is 11.3 Å². The number of nitrogens with zero attached hydrogens (tertiary/aromatic N) is 3. The Morgan fingerprint density at radius 3 is 2.63 bits per heavy atom. The number of hydrogen-bond donors (Lipinski definition) is 3. The van der Waals surface area contributed by atoms with Gasteiger partial charge in [-0.2, -0.15) is 4.57 Å². The average molecular weight is 442 g/mol. The van der Waals surface area contributed by atoms with Gasteiger partial charge in [0.15, 0.2) is 12.2 Å². The smallest absolute Gasteiger partial charge is 0.476 e. The van der Waals surface area contributed by atoms with Crippen molar-refractivity contribution in [2.24, 2.45) is 0 Å². The van der Waals surface area contributed by atoms with Crippen molar-refractivity contribution in [2.45, 2.75) is 26.8 Å². The number of aryl methyl sites for hydroxylation is 1. The zero-order valence-corrected chi connectivity index (χ0v) is 17.0. The van der Waals surface area contributed by atoms with Gasteiger partial charge in [0.1, 0.15) is 11.6 Å². The number of nitrogen functional groups attached to an aromatic ring is 1. The molecule has 2 heterocycles. The molecule has 0 aliphatic heterocycles. The van der Waals surface area contributed by atoms with E-state index in [-0.39, 0.29) is 18.5 Å². The van der Waals surface area contributed by atoms with E-state index >= 15 is 0 Å². The van der Waals surface area contributed by atoms with Gasteiger partial charge in [-0.05, 0) is 6.92 Å². The Kier molecular flexibility index (Phi) is 8.17. The van der Waals surface area contributed by atoms with Crippen molar-refractivity contribution in [3.05, 3.63) is 33.7 Å². The van der Waals surface area contributed by atoms with E-state index in [0.29, 0.717) is 18.2 Å². The maximum atomic E-state index is 11.3. The van der Waals surface area contributed by atoms with Crippen molar-refractivity contribution >= 4 is 32.8 Å². The van der Waals surface area contributed by atoms with E-state index in [2.05, 4.69) is 18.8 Å². The minimum absolute atomic E-state index is 0. The van der Waals surface area contributed by atoms with Crippen LogP contribution in [0.3, 0.4) is 0 Å². The van der Waals surface area contributed by atoms with Crippen molar-refractivity contribution in [1.29, 1.82) is 0 Å². The molecular formula is C12H20N4O8P2S. The Morgan fingerprint density at radius 2 is 2.04 bits per heavy atom. The second kappa shape index (κ2) is 9.28. The van der Waals surface area contributed by atoms with E-state index in [1.54, 1.807) is 13.1 Å². The lowest BCUT2D eigenvalue weighted by molar-refractivity contribution is -0.689. The summed E-state index contributed by atoms with van der Waals surface area (Å²) < 4.78 is 31.8. The molecule has 2 rings (SSSR count). The summed E-state index contributed by atoms with van der Waals surface area (Å²) in [5.41, 5.74) is 9.34. The maximum Gasteiger partial charge on any atom is 0.476 e. The summed E-state index contributed by atoms with van der Waals surface area (Å²) in [7, 11) is -10.3. The molecule has 0 radical (unpaired) electrons. The first-order valence-corrected chi connectivity index (χ1v) is 11.1. The van der Waals surface area contributed by atoms with E-state index in [0.717, 1.165) is 16.1 Å². The molecule has 1 unspecified atom stereocenters. The van der Waals surface area contributed by atoms with E-state index < -0.39 is 15.6 Å². The SMILES string of the molecule is Cc1ncc(C[n+]2csc(CCOP(=O)([O-])OP(=O)(O)O)c2C)c(N)n1.O. The van der Waals surface area contributed by atoms with Gasteiger partial charge in [0, 0.05) is 19.5 Å². The summed E-state index contributed by atoms with van der Waals surface area (Å²) in [6, 6.07) is 0. The Labute approximate surface area is 158 Å². The van der Waals surface area contributed by atoms with Crippen LogP contribution in [0.5, 0.6) is 0 Å². The molecular weight excluding hydrogens is 422 g/mol. The molecule has 1 atom stereocenters. The molecule has 0 bridgehead atoms. The molecule has 0 aliphatic carbocycles. The van der Waals surface area contributed by atoms with E-state index in [1.807, 2.05) is 17.0 Å². The Morgan fingerprint density at radius 1 is 1.37 bits per heavy atom. The lowest BCUT2D eigenvalue weighted by Gasteiger charge is -2.22. The minimum Gasteiger partial charge on any atom is -0.756 e. The molecule has 0 aromatic carbocycles. The van der Waals surface area contributed by atoms with Crippen molar-refractivity contribution in [3.63, 3.8) is 0 Å². The van der Waals surface area contributed by atoms with Crippen LogP contribution < -0.4 is 15.2 Å². The molecule has 152 valence electrons. The number of anilines is 1. The Balaban J connectivity index is 0.00000364. The first kappa shape index (κ1) is 23.8. The predicted octanol–water partition coefficient (Wildman–Crippen LogP) is -0.615. The van der Waals surface area contributed by atoms with Gasteiger partial charge >= 0.3 is 7.82 Å². The third kappa shape index (κ3) is 7.34. The number of phosphoric ester groups is 1. The van der Waals surface area contributed by atoms with Gasteiger partial charge in [-0.15, -0.1) is 0 Å². The van der Waals surface area contributed by atoms with Crippen LogP contribution in [0.25, 0.3) is 0 Å². The van der Waals surface area contributed by atoms with Gasteiger partial charge < -0.3 is 30.4 Å². The molecule has 2 aromatic heterocycles. The summed E-state index contributed by atoms with van der Waals surface area (Å²) in [5, 5.41) is 0. The fourth-order valence-corrected chi connectivity index (χ4v) is 4.59. The fourth-order valence-electron chi connectivity index (χ4n) is 2.07. The highest BCUT2D eigenvalue weighted by molar-refractivity contribution is 7.60. The van der Waals surface area contributed by atoms with E-state index in [1.165, 1.54) is 11.3 Å². The van der Waals surface area contributed by atoms with Crippen LogP contribution in [0, 0.1) is 13.8 Å². The predicted molar refractivity (Wildman–Crippen MR) is 93.5 cm³/mol. The number of aromatic nitrogens is 3. The summed E-state index contributed by atoms with van der Waals surface area (Å²) in [4.78, 5) is 37.4. The monoisotopic (exact) mass is 442 g/mol. The van der Waals surface area contributed by atoms with Gasteiger partial charge in [0.2, 0.25) is 5.51 Å². The first-order valence-electron chi connectivity index (χ1n) is 7.24.